The van der Waals surface area contributed by atoms with Crippen molar-refractivity contribution in [3.8, 4) is 10.8 Å². The molecule has 0 bridgehead atoms. The second-order valence-corrected chi connectivity index (χ2v) is 5.09. The van der Waals surface area contributed by atoms with Crippen LogP contribution in [0.25, 0.3) is 10.8 Å². The van der Waals surface area contributed by atoms with Gasteiger partial charge in [-0.3, -0.25) is 9.59 Å². The highest BCUT2D eigenvalue weighted by Gasteiger charge is 2.17. The largest absolute Gasteiger partial charge is 0.333 e. The minimum absolute atomic E-state index is 0.0383. The van der Waals surface area contributed by atoms with Gasteiger partial charge in [-0.2, -0.15) is 4.98 Å². The number of hydrogen-bond donors (Lipinski definition) is 2. The fourth-order valence-corrected chi connectivity index (χ4v) is 2.52. The maximum atomic E-state index is 12.1. The van der Waals surface area contributed by atoms with Crippen molar-refractivity contribution in [2.24, 2.45) is 0 Å². The van der Waals surface area contributed by atoms with Gasteiger partial charge in [-0.25, -0.2) is 0 Å². The van der Waals surface area contributed by atoms with Gasteiger partial charge >= 0.3 is 0 Å². The molecule has 0 saturated carbocycles. The standard InChI is InChI=1S/C13H10N4O3S/c1-7-15-13(20-17-7)10-9(4-6-21-10)16-12(19)8-3-2-5-14-11(8)18/h2-6H,1H3,(H,14,18)(H,16,19). The van der Waals surface area contributed by atoms with E-state index in [1.807, 2.05) is 0 Å². The van der Waals surface area contributed by atoms with Gasteiger partial charge in [0.25, 0.3) is 17.4 Å². The third-order valence-corrected chi connectivity index (χ3v) is 3.60. The number of nitrogens with zero attached hydrogens (tertiary/aromatic N) is 2. The Morgan fingerprint density at radius 1 is 1.43 bits per heavy atom. The highest BCUT2D eigenvalue weighted by atomic mass is 32.1. The van der Waals surface area contributed by atoms with Crippen LogP contribution in [0.2, 0.25) is 0 Å². The maximum absolute atomic E-state index is 12.1. The van der Waals surface area contributed by atoms with E-state index in [2.05, 4.69) is 20.4 Å². The van der Waals surface area contributed by atoms with Crippen molar-refractivity contribution in [1.82, 2.24) is 15.1 Å². The van der Waals surface area contributed by atoms with Crippen molar-refractivity contribution in [2.75, 3.05) is 5.32 Å². The molecule has 8 heteroatoms. The van der Waals surface area contributed by atoms with Crippen LogP contribution in [0.4, 0.5) is 5.69 Å². The first-order valence-corrected chi connectivity index (χ1v) is 6.90. The monoisotopic (exact) mass is 302 g/mol. The molecule has 0 radical (unpaired) electrons. The molecule has 3 heterocycles. The molecule has 0 atom stereocenters. The van der Waals surface area contributed by atoms with Gasteiger partial charge in [-0.05, 0) is 30.5 Å². The number of rotatable bonds is 3. The summed E-state index contributed by atoms with van der Waals surface area (Å²) in [7, 11) is 0. The van der Waals surface area contributed by atoms with Gasteiger partial charge in [0.15, 0.2) is 5.82 Å². The molecular formula is C13H10N4O3S. The quantitative estimate of drug-likeness (QED) is 0.771. The van der Waals surface area contributed by atoms with Crippen LogP contribution in [0, 0.1) is 6.92 Å². The first kappa shape index (κ1) is 13.3. The summed E-state index contributed by atoms with van der Waals surface area (Å²) in [5.74, 6) is 0.350. The number of aryl methyl sites for hydroxylation is 1. The number of aromatic amines is 1. The van der Waals surface area contributed by atoms with E-state index in [0.717, 1.165) is 0 Å². The lowest BCUT2D eigenvalue weighted by Crippen LogP contribution is -2.22. The molecule has 0 aromatic carbocycles. The van der Waals surface area contributed by atoms with Crippen molar-refractivity contribution in [3.63, 3.8) is 0 Å². The maximum Gasteiger partial charge on any atom is 0.270 e. The molecule has 3 rings (SSSR count). The SMILES string of the molecule is Cc1noc(-c2sccc2NC(=O)c2ccc[nH]c2=O)n1. The number of nitrogens with one attached hydrogen (secondary N) is 2. The summed E-state index contributed by atoms with van der Waals surface area (Å²) in [5.41, 5.74) is 0.119. The number of amides is 1. The lowest BCUT2D eigenvalue weighted by atomic mass is 10.2. The van der Waals surface area contributed by atoms with E-state index in [0.29, 0.717) is 22.3 Å². The molecule has 0 aliphatic rings. The Kier molecular flexibility index (Phi) is 3.36. The number of hydrogen-bond acceptors (Lipinski definition) is 6. The molecule has 106 valence electrons. The number of carbonyl (C=O) groups excluding carboxylic acids is 1. The second kappa shape index (κ2) is 5.33. The predicted molar refractivity (Wildman–Crippen MR) is 77.4 cm³/mol. The molecule has 2 N–H and O–H groups in total. The van der Waals surface area contributed by atoms with Gasteiger partial charge in [0, 0.05) is 6.20 Å². The minimum atomic E-state index is -0.493. The van der Waals surface area contributed by atoms with Crippen LogP contribution >= 0.6 is 11.3 Å². The number of carbonyl (C=O) groups is 1. The van der Waals surface area contributed by atoms with Gasteiger partial charge in [0.05, 0.1) is 5.69 Å². The molecule has 0 aliphatic heterocycles. The number of anilines is 1. The topological polar surface area (TPSA) is 101 Å². The first-order chi connectivity index (χ1) is 10.1. The summed E-state index contributed by atoms with van der Waals surface area (Å²) >= 11 is 1.36. The normalized spacial score (nSPS) is 10.5. The highest BCUT2D eigenvalue weighted by Crippen LogP contribution is 2.32. The molecule has 0 saturated heterocycles. The van der Waals surface area contributed by atoms with E-state index in [1.165, 1.54) is 23.6 Å². The average Bonchev–Trinajstić information content (AvgIpc) is 3.08. The molecule has 21 heavy (non-hydrogen) atoms. The van der Waals surface area contributed by atoms with E-state index in [9.17, 15) is 9.59 Å². The van der Waals surface area contributed by atoms with Gasteiger partial charge in [-0.1, -0.05) is 5.16 Å². The van der Waals surface area contributed by atoms with E-state index in [-0.39, 0.29) is 5.56 Å². The lowest BCUT2D eigenvalue weighted by Gasteiger charge is -2.03. The van der Waals surface area contributed by atoms with Crippen LogP contribution in [-0.2, 0) is 0 Å². The van der Waals surface area contributed by atoms with E-state index in [1.54, 1.807) is 24.4 Å². The molecule has 0 fully saturated rings. The van der Waals surface area contributed by atoms with Crippen molar-refractivity contribution in [3.05, 3.63) is 51.5 Å². The first-order valence-electron chi connectivity index (χ1n) is 6.02. The van der Waals surface area contributed by atoms with Crippen LogP contribution in [0.5, 0.6) is 0 Å². The summed E-state index contributed by atoms with van der Waals surface area (Å²) < 4.78 is 5.09. The van der Waals surface area contributed by atoms with Crippen LogP contribution in [0.1, 0.15) is 16.2 Å². The highest BCUT2D eigenvalue weighted by molar-refractivity contribution is 7.14. The molecule has 1 amide bonds. The smallest absolute Gasteiger partial charge is 0.270 e. The third-order valence-electron chi connectivity index (χ3n) is 2.70. The third kappa shape index (κ3) is 2.61. The molecule has 0 unspecified atom stereocenters. The number of thiophene rings is 1. The zero-order chi connectivity index (χ0) is 14.8. The Morgan fingerprint density at radius 2 is 2.29 bits per heavy atom. The van der Waals surface area contributed by atoms with Gasteiger partial charge in [0.2, 0.25) is 0 Å². The zero-order valence-electron chi connectivity index (χ0n) is 10.9. The fourth-order valence-electron chi connectivity index (χ4n) is 1.75. The summed E-state index contributed by atoms with van der Waals surface area (Å²) in [6.45, 7) is 1.71. The van der Waals surface area contributed by atoms with E-state index >= 15 is 0 Å². The Balaban J connectivity index is 1.90. The van der Waals surface area contributed by atoms with E-state index < -0.39 is 11.5 Å². The summed E-state index contributed by atoms with van der Waals surface area (Å²) in [6, 6.07) is 4.76. The Bertz CT molecular complexity index is 849. The van der Waals surface area contributed by atoms with Gasteiger partial charge in [0.1, 0.15) is 10.4 Å². The van der Waals surface area contributed by atoms with Crippen molar-refractivity contribution >= 4 is 22.9 Å². The predicted octanol–water partition coefficient (Wildman–Crippen LogP) is 2.05. The number of pyridine rings is 1. The van der Waals surface area contributed by atoms with Gasteiger partial charge < -0.3 is 14.8 Å². The van der Waals surface area contributed by atoms with Crippen LogP contribution in [0.3, 0.4) is 0 Å². The average molecular weight is 302 g/mol. The Hall–Kier alpha value is -2.74. The van der Waals surface area contributed by atoms with E-state index in [4.69, 9.17) is 4.52 Å². The molecule has 0 aliphatic carbocycles. The van der Waals surface area contributed by atoms with Crippen LogP contribution in [0.15, 0.2) is 39.1 Å². The van der Waals surface area contributed by atoms with Gasteiger partial charge in [-0.15, -0.1) is 11.3 Å². The summed E-state index contributed by atoms with van der Waals surface area (Å²) in [6.07, 6.45) is 1.47. The van der Waals surface area contributed by atoms with Crippen molar-refractivity contribution in [1.29, 1.82) is 0 Å². The van der Waals surface area contributed by atoms with Crippen LogP contribution < -0.4 is 10.9 Å². The van der Waals surface area contributed by atoms with Crippen LogP contribution in [-0.4, -0.2) is 21.0 Å². The molecule has 7 nitrogen and oxygen atoms in total. The zero-order valence-corrected chi connectivity index (χ0v) is 11.7. The molecule has 3 aromatic rings. The van der Waals surface area contributed by atoms with Crippen molar-refractivity contribution < 1.29 is 9.32 Å². The number of H-pyrrole nitrogens is 1. The summed E-state index contributed by atoms with van der Waals surface area (Å²) in [4.78, 5) is 31.0. The second-order valence-electron chi connectivity index (χ2n) is 4.18. The van der Waals surface area contributed by atoms with Crippen molar-refractivity contribution in [2.45, 2.75) is 6.92 Å². The molecule has 3 aromatic heterocycles. The summed E-state index contributed by atoms with van der Waals surface area (Å²) in [5, 5.41) is 8.19. The molecular weight excluding hydrogens is 292 g/mol. The molecule has 0 spiro atoms. The lowest BCUT2D eigenvalue weighted by molar-refractivity contribution is 0.102. The Morgan fingerprint density at radius 3 is 3.00 bits per heavy atom. The Labute approximate surface area is 122 Å². The minimum Gasteiger partial charge on any atom is -0.333 e. The number of aromatic nitrogens is 3. The fraction of sp³-hybridized carbons (Fsp3) is 0.0769.